The molecule has 1 N–H and O–H groups in total. The Morgan fingerprint density at radius 2 is 2.05 bits per heavy atom. The normalized spacial score (nSPS) is 10.2. The van der Waals surface area contributed by atoms with Crippen molar-refractivity contribution >= 4 is 5.97 Å². The first-order valence-corrected chi connectivity index (χ1v) is 6.00. The lowest BCUT2D eigenvalue weighted by Gasteiger charge is -2.11. The Kier molecular flexibility index (Phi) is 4.13. The van der Waals surface area contributed by atoms with Crippen LogP contribution < -0.4 is 4.74 Å². The molecule has 0 bridgehead atoms. The molecule has 0 saturated carbocycles. The third kappa shape index (κ3) is 3.55. The average molecular weight is 257 g/mol. The predicted octanol–water partition coefficient (Wildman–Crippen LogP) is 2.60. The van der Waals surface area contributed by atoms with Gasteiger partial charge >= 0.3 is 5.97 Å². The Balaban J connectivity index is 2.11. The van der Waals surface area contributed by atoms with E-state index in [1.807, 2.05) is 25.1 Å². The van der Waals surface area contributed by atoms with Crippen LogP contribution in [-0.4, -0.2) is 16.1 Å². The molecule has 0 fully saturated rings. The number of hydrogen-bond acceptors (Lipinski definition) is 3. The number of carbonyl (C=O) groups is 1. The monoisotopic (exact) mass is 257 g/mol. The minimum absolute atomic E-state index is 0.0443. The van der Waals surface area contributed by atoms with Gasteiger partial charge in [-0.25, -0.2) is 0 Å². The minimum atomic E-state index is -0.870. The SMILES string of the molecule is Cc1cccnc1COc1ccccc1CC(=O)O. The zero-order valence-corrected chi connectivity index (χ0v) is 10.7. The molecule has 0 aliphatic carbocycles. The summed E-state index contributed by atoms with van der Waals surface area (Å²) in [5.41, 5.74) is 2.58. The van der Waals surface area contributed by atoms with E-state index in [4.69, 9.17) is 9.84 Å². The van der Waals surface area contributed by atoms with E-state index in [-0.39, 0.29) is 6.42 Å². The van der Waals surface area contributed by atoms with Crippen molar-refractivity contribution in [1.29, 1.82) is 0 Å². The molecule has 0 amide bonds. The number of aliphatic carboxylic acids is 1. The van der Waals surface area contributed by atoms with Crippen LogP contribution in [0, 0.1) is 6.92 Å². The van der Waals surface area contributed by atoms with Gasteiger partial charge in [-0.1, -0.05) is 24.3 Å². The molecule has 19 heavy (non-hydrogen) atoms. The van der Waals surface area contributed by atoms with Crippen molar-refractivity contribution in [3.63, 3.8) is 0 Å². The van der Waals surface area contributed by atoms with Gasteiger partial charge in [0.1, 0.15) is 12.4 Å². The first-order chi connectivity index (χ1) is 9.16. The molecular weight excluding hydrogens is 242 g/mol. The summed E-state index contributed by atoms with van der Waals surface area (Å²) in [5, 5.41) is 8.85. The quantitative estimate of drug-likeness (QED) is 0.894. The summed E-state index contributed by atoms with van der Waals surface area (Å²) in [5.74, 6) is -0.278. The summed E-state index contributed by atoms with van der Waals surface area (Å²) in [4.78, 5) is 15.0. The summed E-state index contributed by atoms with van der Waals surface area (Å²) in [7, 11) is 0. The Labute approximate surface area is 111 Å². The number of benzene rings is 1. The molecule has 2 rings (SSSR count). The van der Waals surface area contributed by atoms with Gasteiger partial charge < -0.3 is 9.84 Å². The van der Waals surface area contributed by atoms with Crippen LogP contribution in [0.15, 0.2) is 42.6 Å². The molecule has 1 heterocycles. The number of aromatic nitrogens is 1. The van der Waals surface area contributed by atoms with Crippen molar-refractivity contribution in [3.05, 3.63) is 59.4 Å². The Morgan fingerprint density at radius 1 is 1.26 bits per heavy atom. The van der Waals surface area contributed by atoms with E-state index in [1.54, 1.807) is 24.4 Å². The summed E-state index contributed by atoms with van der Waals surface area (Å²) in [6, 6.07) is 11.0. The second-order valence-electron chi connectivity index (χ2n) is 4.23. The van der Waals surface area contributed by atoms with Crippen molar-refractivity contribution in [1.82, 2.24) is 4.98 Å². The number of hydrogen-bond donors (Lipinski definition) is 1. The summed E-state index contributed by atoms with van der Waals surface area (Å²) in [6.45, 7) is 2.30. The predicted molar refractivity (Wildman–Crippen MR) is 71.1 cm³/mol. The number of ether oxygens (including phenoxy) is 1. The highest BCUT2D eigenvalue weighted by atomic mass is 16.5. The van der Waals surface area contributed by atoms with E-state index in [0.717, 1.165) is 11.3 Å². The van der Waals surface area contributed by atoms with Gasteiger partial charge in [-0.15, -0.1) is 0 Å². The summed E-state index contributed by atoms with van der Waals surface area (Å²) in [6.07, 6.45) is 1.67. The van der Waals surface area contributed by atoms with E-state index in [9.17, 15) is 4.79 Å². The third-order valence-corrected chi connectivity index (χ3v) is 2.80. The maximum Gasteiger partial charge on any atom is 0.307 e. The van der Waals surface area contributed by atoms with Crippen molar-refractivity contribution in [2.24, 2.45) is 0 Å². The topological polar surface area (TPSA) is 59.4 Å². The molecule has 0 saturated heterocycles. The Morgan fingerprint density at radius 3 is 2.79 bits per heavy atom. The number of para-hydroxylation sites is 1. The van der Waals surface area contributed by atoms with Crippen LogP contribution in [0.1, 0.15) is 16.8 Å². The van der Waals surface area contributed by atoms with Crippen LogP contribution >= 0.6 is 0 Å². The highest BCUT2D eigenvalue weighted by Gasteiger charge is 2.08. The lowest BCUT2D eigenvalue weighted by Crippen LogP contribution is -2.05. The number of pyridine rings is 1. The number of rotatable bonds is 5. The van der Waals surface area contributed by atoms with Crippen LogP contribution in [0.5, 0.6) is 5.75 Å². The molecular formula is C15H15NO3. The third-order valence-electron chi connectivity index (χ3n) is 2.80. The fourth-order valence-electron chi connectivity index (χ4n) is 1.77. The van der Waals surface area contributed by atoms with Crippen LogP contribution in [0.2, 0.25) is 0 Å². The molecule has 0 radical (unpaired) electrons. The fourth-order valence-corrected chi connectivity index (χ4v) is 1.77. The molecule has 0 aliphatic heterocycles. The molecule has 4 nitrogen and oxygen atoms in total. The minimum Gasteiger partial charge on any atom is -0.487 e. The number of carboxylic acids is 1. The Bertz CT molecular complexity index is 581. The first kappa shape index (κ1) is 13.1. The van der Waals surface area contributed by atoms with Crippen molar-refractivity contribution in [2.45, 2.75) is 20.0 Å². The molecule has 98 valence electrons. The van der Waals surface area contributed by atoms with E-state index in [2.05, 4.69) is 4.98 Å². The lowest BCUT2D eigenvalue weighted by atomic mass is 10.1. The molecule has 1 aromatic carbocycles. The van der Waals surface area contributed by atoms with Gasteiger partial charge in [0.05, 0.1) is 12.1 Å². The van der Waals surface area contributed by atoms with Gasteiger partial charge in [0.2, 0.25) is 0 Å². The van der Waals surface area contributed by atoms with Crippen molar-refractivity contribution in [3.8, 4) is 5.75 Å². The van der Waals surface area contributed by atoms with Gasteiger partial charge in [0, 0.05) is 11.8 Å². The molecule has 1 aromatic heterocycles. The van der Waals surface area contributed by atoms with E-state index in [0.29, 0.717) is 17.9 Å². The van der Waals surface area contributed by atoms with Gasteiger partial charge in [-0.2, -0.15) is 0 Å². The molecule has 0 spiro atoms. The van der Waals surface area contributed by atoms with Gasteiger partial charge in [0.25, 0.3) is 0 Å². The van der Waals surface area contributed by atoms with Crippen molar-refractivity contribution < 1.29 is 14.6 Å². The van der Waals surface area contributed by atoms with Crippen molar-refractivity contribution in [2.75, 3.05) is 0 Å². The standard InChI is InChI=1S/C15H15NO3/c1-11-5-4-8-16-13(11)10-19-14-7-3-2-6-12(14)9-15(17)18/h2-8H,9-10H2,1H3,(H,17,18). The Hall–Kier alpha value is -2.36. The highest BCUT2D eigenvalue weighted by molar-refractivity contribution is 5.71. The smallest absolute Gasteiger partial charge is 0.307 e. The molecule has 0 unspecified atom stereocenters. The number of aryl methyl sites for hydroxylation is 1. The van der Waals surface area contributed by atoms with Gasteiger partial charge in [0.15, 0.2) is 0 Å². The molecule has 4 heteroatoms. The zero-order valence-electron chi connectivity index (χ0n) is 10.7. The van der Waals surface area contributed by atoms with Crippen LogP contribution in [0.4, 0.5) is 0 Å². The van der Waals surface area contributed by atoms with E-state index >= 15 is 0 Å². The van der Waals surface area contributed by atoms with Gasteiger partial charge in [-0.05, 0) is 24.6 Å². The second kappa shape index (κ2) is 6.00. The summed E-state index contributed by atoms with van der Waals surface area (Å²) >= 11 is 0. The van der Waals surface area contributed by atoms with Crippen LogP contribution in [-0.2, 0) is 17.8 Å². The van der Waals surface area contributed by atoms with E-state index < -0.39 is 5.97 Å². The molecule has 0 aliphatic rings. The average Bonchev–Trinajstić information content (AvgIpc) is 2.39. The van der Waals surface area contributed by atoms with Crippen LogP contribution in [0.3, 0.4) is 0 Å². The maximum atomic E-state index is 10.8. The summed E-state index contributed by atoms with van der Waals surface area (Å²) < 4.78 is 5.68. The largest absolute Gasteiger partial charge is 0.487 e. The number of nitrogens with zero attached hydrogens (tertiary/aromatic N) is 1. The lowest BCUT2D eigenvalue weighted by molar-refractivity contribution is -0.136. The number of carboxylic acid groups (broad SMARTS) is 1. The highest BCUT2D eigenvalue weighted by Crippen LogP contribution is 2.20. The first-order valence-electron chi connectivity index (χ1n) is 6.00. The maximum absolute atomic E-state index is 10.8. The molecule has 2 aromatic rings. The van der Waals surface area contributed by atoms with Gasteiger partial charge in [-0.3, -0.25) is 9.78 Å². The molecule has 0 atom stereocenters. The van der Waals surface area contributed by atoms with Crippen LogP contribution in [0.25, 0.3) is 0 Å². The second-order valence-corrected chi connectivity index (χ2v) is 4.23. The zero-order chi connectivity index (χ0) is 13.7. The van der Waals surface area contributed by atoms with E-state index in [1.165, 1.54) is 0 Å². The fraction of sp³-hybridized carbons (Fsp3) is 0.200.